The van der Waals surface area contributed by atoms with Gasteiger partial charge in [0, 0.05) is 24.3 Å². The smallest absolute Gasteiger partial charge is 0.264 e. The quantitative estimate of drug-likeness (QED) is 0.510. The van der Waals surface area contributed by atoms with Crippen LogP contribution in [0.25, 0.3) is 10.2 Å². The van der Waals surface area contributed by atoms with Gasteiger partial charge < -0.3 is 4.90 Å². The number of nitrogens with one attached hydrogen (secondary N) is 1. The van der Waals surface area contributed by atoms with Crippen molar-refractivity contribution in [1.82, 2.24) is 9.88 Å². The summed E-state index contributed by atoms with van der Waals surface area (Å²) in [7, 11) is -3.79. The summed E-state index contributed by atoms with van der Waals surface area (Å²) in [5.74, 6) is 1.54. The number of piperidine rings is 1. The fourth-order valence-corrected chi connectivity index (χ4v) is 7.14. The number of carbonyl (C=O) groups excluding carboxylic acids is 1. The van der Waals surface area contributed by atoms with Gasteiger partial charge >= 0.3 is 0 Å². The van der Waals surface area contributed by atoms with E-state index in [1.807, 2.05) is 11.0 Å². The molecule has 2 fully saturated rings. The third-order valence-corrected chi connectivity index (χ3v) is 9.67. The Morgan fingerprint density at radius 1 is 1.03 bits per heavy atom. The van der Waals surface area contributed by atoms with Crippen LogP contribution in [0.5, 0.6) is 0 Å². The Balaban J connectivity index is 1.24. The SMILES string of the molecule is CC(C)(C1CC1)C1CCN(C(=O)c2ccc(NS(=O)(=O)c3cccc4scnc34)cc2)CC1. The molecule has 0 atom stereocenters. The van der Waals surface area contributed by atoms with Crippen LogP contribution in [0.2, 0.25) is 0 Å². The third kappa shape index (κ3) is 4.38. The van der Waals surface area contributed by atoms with Gasteiger partial charge in [-0.1, -0.05) is 19.9 Å². The van der Waals surface area contributed by atoms with Crippen LogP contribution < -0.4 is 4.72 Å². The lowest BCUT2D eigenvalue weighted by Crippen LogP contribution is -2.42. The Hall–Kier alpha value is -2.45. The van der Waals surface area contributed by atoms with Crippen molar-refractivity contribution < 1.29 is 13.2 Å². The number of fused-ring (bicyclic) bond motifs is 1. The van der Waals surface area contributed by atoms with Gasteiger partial charge in [-0.15, -0.1) is 11.3 Å². The van der Waals surface area contributed by atoms with Crippen LogP contribution in [0.1, 0.15) is 49.9 Å². The van der Waals surface area contributed by atoms with Crippen LogP contribution in [0.3, 0.4) is 0 Å². The van der Waals surface area contributed by atoms with Crippen molar-refractivity contribution in [3.8, 4) is 0 Å². The topological polar surface area (TPSA) is 79.4 Å². The molecule has 1 aliphatic carbocycles. The van der Waals surface area contributed by atoms with Crippen molar-refractivity contribution in [1.29, 1.82) is 0 Å². The number of rotatable bonds is 6. The summed E-state index contributed by atoms with van der Waals surface area (Å²) in [6.45, 7) is 6.35. The summed E-state index contributed by atoms with van der Waals surface area (Å²) in [5.41, 5.74) is 3.48. The molecule has 0 radical (unpaired) electrons. The number of carbonyl (C=O) groups is 1. The highest BCUT2D eigenvalue weighted by atomic mass is 32.2. The average Bonchev–Trinajstić information content (AvgIpc) is 3.57. The highest BCUT2D eigenvalue weighted by Crippen LogP contribution is 2.52. The number of hydrogen-bond donors (Lipinski definition) is 1. The number of hydrogen-bond acceptors (Lipinski definition) is 5. The summed E-state index contributed by atoms with van der Waals surface area (Å²) in [6, 6.07) is 11.8. The fourth-order valence-electron chi connectivity index (χ4n) is 5.14. The van der Waals surface area contributed by atoms with Crippen LogP contribution in [0, 0.1) is 17.3 Å². The molecule has 3 aromatic rings. The minimum atomic E-state index is -3.79. The van der Waals surface area contributed by atoms with Crippen molar-refractivity contribution in [2.24, 2.45) is 17.3 Å². The number of thiazole rings is 1. The van der Waals surface area contributed by atoms with E-state index in [1.165, 1.54) is 24.2 Å². The third-order valence-electron chi connectivity index (χ3n) is 7.46. The summed E-state index contributed by atoms with van der Waals surface area (Å²) >= 11 is 1.40. The number of amides is 1. The Labute approximate surface area is 199 Å². The zero-order valence-corrected chi connectivity index (χ0v) is 20.6. The van der Waals surface area contributed by atoms with E-state index in [0.29, 0.717) is 28.1 Å². The van der Waals surface area contributed by atoms with Gasteiger partial charge in [0.15, 0.2) is 0 Å². The number of aromatic nitrogens is 1. The number of likely N-dealkylation sites (tertiary alicyclic amines) is 1. The van der Waals surface area contributed by atoms with E-state index in [4.69, 9.17) is 0 Å². The molecule has 2 aromatic carbocycles. The van der Waals surface area contributed by atoms with E-state index in [1.54, 1.807) is 41.9 Å². The fraction of sp³-hybridized carbons (Fsp3) is 0.440. The number of nitrogens with zero attached hydrogens (tertiary/aromatic N) is 2. The van der Waals surface area contributed by atoms with Gasteiger partial charge in [0.25, 0.3) is 15.9 Å². The van der Waals surface area contributed by atoms with Crippen LogP contribution in [0.15, 0.2) is 52.9 Å². The van der Waals surface area contributed by atoms with Gasteiger partial charge in [-0.05, 0) is 79.3 Å². The first-order valence-corrected chi connectivity index (χ1v) is 13.9. The zero-order chi connectivity index (χ0) is 23.2. The van der Waals surface area contributed by atoms with Crippen molar-refractivity contribution >= 4 is 43.2 Å². The zero-order valence-electron chi connectivity index (χ0n) is 19.0. The molecule has 1 amide bonds. The van der Waals surface area contributed by atoms with Gasteiger partial charge in [-0.25, -0.2) is 13.4 Å². The maximum atomic E-state index is 13.0. The first kappa shape index (κ1) is 22.3. The maximum Gasteiger partial charge on any atom is 0.264 e. The van der Waals surface area contributed by atoms with Crippen molar-refractivity contribution in [2.45, 2.75) is 44.4 Å². The van der Waals surface area contributed by atoms with Crippen LogP contribution in [-0.4, -0.2) is 37.3 Å². The van der Waals surface area contributed by atoms with Crippen LogP contribution in [0.4, 0.5) is 5.69 Å². The highest BCUT2D eigenvalue weighted by molar-refractivity contribution is 7.93. The average molecular weight is 484 g/mol. The molecule has 2 heterocycles. The number of para-hydroxylation sites is 1. The summed E-state index contributed by atoms with van der Waals surface area (Å²) in [4.78, 5) is 19.3. The van der Waals surface area contributed by atoms with Gasteiger partial charge in [-0.3, -0.25) is 9.52 Å². The standard InChI is InChI=1S/C25H29N3O3S2/c1-25(2,18-8-9-18)19-12-14-28(15-13-19)24(29)17-6-10-20(11-7-17)27-33(30,31)22-5-3-4-21-23(22)26-16-32-21/h3-7,10-11,16,18-19,27H,8-9,12-15H2,1-2H3. The van der Waals surface area contributed by atoms with E-state index in [2.05, 4.69) is 23.6 Å². The lowest BCUT2D eigenvalue weighted by atomic mass is 9.70. The first-order valence-electron chi connectivity index (χ1n) is 11.5. The summed E-state index contributed by atoms with van der Waals surface area (Å²) in [5, 5.41) is 0. The molecule has 8 heteroatoms. The second-order valence-corrected chi connectivity index (χ2v) is 12.3. The molecule has 0 spiro atoms. The van der Waals surface area contributed by atoms with Crippen LogP contribution >= 0.6 is 11.3 Å². The molecular weight excluding hydrogens is 454 g/mol. The lowest BCUT2D eigenvalue weighted by molar-refractivity contribution is 0.0547. The molecule has 33 heavy (non-hydrogen) atoms. The second kappa shape index (κ2) is 8.40. The minimum absolute atomic E-state index is 0.0133. The molecule has 1 aromatic heterocycles. The molecule has 1 saturated heterocycles. The van der Waals surface area contributed by atoms with Crippen molar-refractivity contribution in [3.63, 3.8) is 0 Å². The minimum Gasteiger partial charge on any atom is -0.339 e. The molecule has 1 aliphatic heterocycles. The van der Waals surface area contributed by atoms with E-state index in [9.17, 15) is 13.2 Å². The van der Waals surface area contributed by atoms with Gasteiger partial charge in [0.05, 0.1) is 10.2 Å². The van der Waals surface area contributed by atoms with E-state index >= 15 is 0 Å². The molecule has 1 saturated carbocycles. The summed E-state index contributed by atoms with van der Waals surface area (Å²) < 4.78 is 29.3. The predicted octanol–water partition coefficient (Wildman–Crippen LogP) is 5.39. The maximum absolute atomic E-state index is 13.0. The Morgan fingerprint density at radius 3 is 2.36 bits per heavy atom. The second-order valence-electron chi connectivity index (χ2n) is 9.80. The van der Waals surface area contributed by atoms with Gasteiger partial charge in [0.1, 0.15) is 10.4 Å². The van der Waals surface area contributed by atoms with Crippen molar-refractivity contribution in [3.05, 3.63) is 53.5 Å². The van der Waals surface area contributed by atoms with Crippen molar-refractivity contribution in [2.75, 3.05) is 17.8 Å². The molecule has 0 unspecified atom stereocenters. The lowest BCUT2D eigenvalue weighted by Gasteiger charge is -2.41. The van der Waals surface area contributed by atoms with E-state index in [-0.39, 0.29) is 10.8 Å². The molecule has 0 bridgehead atoms. The normalized spacial score (nSPS) is 17.9. The van der Waals surface area contributed by atoms with Gasteiger partial charge in [0.2, 0.25) is 0 Å². The Morgan fingerprint density at radius 2 is 1.70 bits per heavy atom. The molecule has 2 aliphatic rings. The Bertz CT molecular complexity index is 1270. The number of benzene rings is 2. The van der Waals surface area contributed by atoms with Crippen LogP contribution in [-0.2, 0) is 10.0 Å². The van der Waals surface area contributed by atoms with Gasteiger partial charge in [-0.2, -0.15) is 0 Å². The highest BCUT2D eigenvalue weighted by Gasteiger charge is 2.44. The molecule has 5 rings (SSSR count). The number of sulfonamides is 1. The molecule has 174 valence electrons. The largest absolute Gasteiger partial charge is 0.339 e. The molecule has 6 nitrogen and oxygen atoms in total. The number of anilines is 1. The molecule has 1 N–H and O–H groups in total. The molecular formula is C25H29N3O3S2. The summed E-state index contributed by atoms with van der Waals surface area (Å²) in [6.07, 6.45) is 4.80. The van der Waals surface area contributed by atoms with E-state index < -0.39 is 10.0 Å². The van der Waals surface area contributed by atoms with E-state index in [0.717, 1.165) is 36.5 Å². The predicted molar refractivity (Wildman–Crippen MR) is 132 cm³/mol. The Kier molecular flexibility index (Phi) is 5.69. The first-order chi connectivity index (χ1) is 15.8. The monoisotopic (exact) mass is 483 g/mol.